The van der Waals surface area contributed by atoms with Crippen LogP contribution in [0.4, 0.5) is 10.5 Å². The zero-order chi connectivity index (χ0) is 29.3. The maximum absolute atomic E-state index is 14.0. The van der Waals surface area contributed by atoms with E-state index in [9.17, 15) is 19.6 Å². The van der Waals surface area contributed by atoms with E-state index >= 15 is 0 Å². The summed E-state index contributed by atoms with van der Waals surface area (Å²) in [6, 6.07) is 12.2. The fraction of sp³-hybridized carbons (Fsp3) is 0.467. The van der Waals surface area contributed by atoms with E-state index in [1.807, 2.05) is 45.9 Å². The van der Waals surface area contributed by atoms with Crippen molar-refractivity contribution in [2.24, 2.45) is 5.92 Å². The molecule has 3 amide bonds. The molecular formula is C30H40N4O5. The standard InChI is InChI=1S/C30H40N4O5/c1-19(2)17-25(33-29(37)39-30(5,6)7)28(36)34(16-15-31)26(22-10-9-20(3)21(4)18-22)27(35)32-23-11-13-24(38-8)14-12-23/h9-14,18-19,25-26H,16-17H2,1-8H3,(H,32,35)(H,33,37). The summed E-state index contributed by atoms with van der Waals surface area (Å²) in [5.74, 6) is -0.382. The minimum Gasteiger partial charge on any atom is -0.497 e. The smallest absolute Gasteiger partial charge is 0.408 e. The van der Waals surface area contributed by atoms with Gasteiger partial charge >= 0.3 is 6.09 Å². The third-order valence-corrected chi connectivity index (χ3v) is 5.98. The highest BCUT2D eigenvalue weighted by Crippen LogP contribution is 2.27. The first-order valence-corrected chi connectivity index (χ1v) is 12.9. The van der Waals surface area contributed by atoms with Gasteiger partial charge in [-0.3, -0.25) is 9.59 Å². The van der Waals surface area contributed by atoms with Crippen LogP contribution in [-0.4, -0.2) is 48.1 Å². The number of nitrogens with one attached hydrogen (secondary N) is 2. The number of rotatable bonds is 10. The molecule has 2 aromatic carbocycles. The van der Waals surface area contributed by atoms with Crippen molar-refractivity contribution < 1.29 is 23.9 Å². The molecule has 0 heterocycles. The summed E-state index contributed by atoms with van der Waals surface area (Å²) in [7, 11) is 1.55. The van der Waals surface area contributed by atoms with Gasteiger partial charge in [0.25, 0.3) is 5.91 Å². The third kappa shape index (κ3) is 9.32. The zero-order valence-electron chi connectivity index (χ0n) is 24.1. The molecule has 9 heteroatoms. The molecule has 0 spiro atoms. The van der Waals surface area contributed by atoms with Crippen LogP contribution in [0.25, 0.3) is 0 Å². The highest BCUT2D eigenvalue weighted by Gasteiger charge is 2.36. The molecular weight excluding hydrogens is 496 g/mol. The van der Waals surface area contributed by atoms with E-state index in [-0.39, 0.29) is 12.5 Å². The van der Waals surface area contributed by atoms with Gasteiger partial charge in [0.05, 0.1) is 13.2 Å². The highest BCUT2D eigenvalue weighted by atomic mass is 16.6. The quantitative estimate of drug-likeness (QED) is 0.399. The molecule has 39 heavy (non-hydrogen) atoms. The van der Waals surface area contributed by atoms with Crippen molar-refractivity contribution in [2.45, 2.75) is 72.6 Å². The molecule has 0 bridgehead atoms. The number of carbonyl (C=O) groups excluding carboxylic acids is 3. The first-order chi connectivity index (χ1) is 18.2. The van der Waals surface area contributed by atoms with Crippen molar-refractivity contribution in [2.75, 3.05) is 19.0 Å². The van der Waals surface area contributed by atoms with Gasteiger partial charge in [0, 0.05) is 5.69 Å². The maximum atomic E-state index is 14.0. The second-order valence-electron chi connectivity index (χ2n) is 10.9. The van der Waals surface area contributed by atoms with Gasteiger partial charge in [0.2, 0.25) is 5.91 Å². The van der Waals surface area contributed by atoms with Crippen molar-refractivity contribution in [3.05, 3.63) is 59.2 Å². The van der Waals surface area contributed by atoms with Gasteiger partial charge in [-0.05, 0) is 87.9 Å². The van der Waals surface area contributed by atoms with Gasteiger partial charge in [0.15, 0.2) is 0 Å². The summed E-state index contributed by atoms with van der Waals surface area (Å²) in [4.78, 5) is 41.6. The first-order valence-electron chi connectivity index (χ1n) is 12.9. The van der Waals surface area contributed by atoms with Crippen LogP contribution in [0.5, 0.6) is 5.75 Å². The van der Waals surface area contributed by atoms with E-state index in [0.717, 1.165) is 11.1 Å². The summed E-state index contributed by atoms with van der Waals surface area (Å²) in [6.07, 6.45) is -0.455. The summed E-state index contributed by atoms with van der Waals surface area (Å²) in [6.45, 7) is 12.5. The van der Waals surface area contributed by atoms with E-state index < -0.39 is 35.6 Å². The summed E-state index contributed by atoms with van der Waals surface area (Å²) >= 11 is 0. The second kappa shape index (κ2) is 13.7. The predicted molar refractivity (Wildman–Crippen MR) is 150 cm³/mol. The molecule has 2 N–H and O–H groups in total. The minimum absolute atomic E-state index is 0.0333. The molecule has 210 valence electrons. The molecule has 2 atom stereocenters. The predicted octanol–water partition coefficient (Wildman–Crippen LogP) is 5.28. The Morgan fingerprint density at radius 2 is 1.67 bits per heavy atom. The molecule has 0 fully saturated rings. The van der Waals surface area contributed by atoms with Crippen molar-refractivity contribution in [1.82, 2.24) is 10.2 Å². The third-order valence-electron chi connectivity index (χ3n) is 5.98. The number of hydrogen-bond donors (Lipinski definition) is 2. The van der Waals surface area contributed by atoms with Crippen LogP contribution in [0, 0.1) is 31.1 Å². The zero-order valence-corrected chi connectivity index (χ0v) is 24.1. The number of amides is 3. The molecule has 0 aliphatic rings. The Labute approximate surface area is 231 Å². The number of ether oxygens (including phenoxy) is 2. The van der Waals surface area contributed by atoms with Crippen molar-refractivity contribution >= 4 is 23.6 Å². The number of alkyl carbamates (subject to hydrolysis) is 1. The van der Waals surface area contributed by atoms with Crippen LogP contribution >= 0.6 is 0 Å². The molecule has 2 unspecified atom stereocenters. The first kappa shape index (κ1) is 31.2. The Morgan fingerprint density at radius 3 is 2.18 bits per heavy atom. The van der Waals surface area contributed by atoms with Crippen molar-refractivity contribution in [3.8, 4) is 11.8 Å². The maximum Gasteiger partial charge on any atom is 0.408 e. The minimum atomic E-state index is -1.13. The molecule has 2 aromatic rings. The summed E-state index contributed by atoms with van der Waals surface area (Å²) < 4.78 is 10.6. The lowest BCUT2D eigenvalue weighted by Gasteiger charge is -2.33. The number of anilines is 1. The van der Waals surface area contributed by atoms with Gasteiger partial charge < -0.3 is 25.0 Å². The number of hydrogen-bond acceptors (Lipinski definition) is 6. The topological polar surface area (TPSA) is 121 Å². The average Bonchev–Trinajstić information content (AvgIpc) is 2.84. The van der Waals surface area contributed by atoms with Crippen LogP contribution in [0.15, 0.2) is 42.5 Å². The summed E-state index contributed by atoms with van der Waals surface area (Å²) in [5.41, 5.74) is 2.25. The number of aryl methyl sites for hydroxylation is 2. The number of nitriles is 1. The normalized spacial score (nSPS) is 12.6. The van der Waals surface area contributed by atoms with Crippen LogP contribution < -0.4 is 15.4 Å². The Balaban J connectivity index is 2.53. The monoisotopic (exact) mass is 536 g/mol. The summed E-state index contributed by atoms with van der Waals surface area (Å²) in [5, 5.41) is 15.2. The van der Waals surface area contributed by atoms with Crippen molar-refractivity contribution in [3.63, 3.8) is 0 Å². The lowest BCUT2D eigenvalue weighted by Crippen LogP contribution is -2.53. The molecule has 0 aliphatic heterocycles. The van der Waals surface area contributed by atoms with Gasteiger partial charge in [-0.1, -0.05) is 32.0 Å². The molecule has 0 aromatic heterocycles. The Morgan fingerprint density at radius 1 is 1.03 bits per heavy atom. The molecule has 0 radical (unpaired) electrons. The lowest BCUT2D eigenvalue weighted by molar-refractivity contribution is -0.140. The lowest BCUT2D eigenvalue weighted by atomic mass is 9.97. The van der Waals surface area contributed by atoms with E-state index in [4.69, 9.17) is 9.47 Å². The number of methoxy groups -OCH3 is 1. The SMILES string of the molecule is COc1ccc(NC(=O)C(c2ccc(C)c(C)c2)N(CC#N)C(=O)C(CC(C)C)NC(=O)OC(C)(C)C)cc1. The fourth-order valence-corrected chi connectivity index (χ4v) is 4.01. The van der Waals surface area contributed by atoms with Crippen LogP contribution in [-0.2, 0) is 14.3 Å². The fourth-order valence-electron chi connectivity index (χ4n) is 4.01. The Kier molecular flexibility index (Phi) is 10.9. The number of carbonyl (C=O) groups is 3. The largest absolute Gasteiger partial charge is 0.497 e. The van der Waals surface area contributed by atoms with E-state index in [1.165, 1.54) is 4.90 Å². The van der Waals surface area contributed by atoms with Crippen LogP contribution in [0.2, 0.25) is 0 Å². The second-order valence-corrected chi connectivity index (χ2v) is 10.9. The molecule has 0 aliphatic carbocycles. The van der Waals surface area contributed by atoms with Crippen molar-refractivity contribution in [1.29, 1.82) is 5.26 Å². The van der Waals surface area contributed by atoms with Crippen LogP contribution in [0.1, 0.15) is 63.8 Å². The van der Waals surface area contributed by atoms with Gasteiger partial charge in [0.1, 0.15) is 30.0 Å². The Hall–Kier alpha value is -4.06. The highest BCUT2D eigenvalue weighted by molar-refractivity contribution is 5.99. The molecule has 0 saturated heterocycles. The number of nitrogens with zero attached hydrogens (tertiary/aromatic N) is 2. The van der Waals surface area contributed by atoms with Gasteiger partial charge in [-0.25, -0.2) is 4.79 Å². The van der Waals surface area contributed by atoms with E-state index in [1.54, 1.807) is 58.2 Å². The van der Waals surface area contributed by atoms with Gasteiger partial charge in [-0.2, -0.15) is 5.26 Å². The number of benzene rings is 2. The average molecular weight is 537 g/mol. The van der Waals surface area contributed by atoms with E-state index in [0.29, 0.717) is 23.4 Å². The molecule has 2 rings (SSSR count). The molecule has 0 saturated carbocycles. The molecule has 9 nitrogen and oxygen atoms in total. The van der Waals surface area contributed by atoms with Gasteiger partial charge in [-0.15, -0.1) is 0 Å². The Bertz CT molecular complexity index is 1200. The van der Waals surface area contributed by atoms with Crippen LogP contribution in [0.3, 0.4) is 0 Å². The van der Waals surface area contributed by atoms with E-state index in [2.05, 4.69) is 10.6 Å².